The second-order valence-electron chi connectivity index (χ2n) is 30.9. The summed E-state index contributed by atoms with van der Waals surface area (Å²) in [6.45, 7) is 60.6. The SMILES string of the molecule is COc1c(C(C)(C)C)cc(P(c2cc(C(C)(C)C)c(OC)c(C(C)(C)C)c2)c2cccc(C)c2-c2c(C)cccc2P(c2cc(C(C)(C)C)c(OC)c(C(C)(C)C)c2)c2cc(C(C)(C)C)c(OC)c(C(C)(C)C)c2)cc1C(C)(C)C. The molecule has 6 aromatic carbocycles. The zero-order chi connectivity index (χ0) is 60.6. The Hall–Kier alpha value is -4.62. The Bertz CT molecular complexity index is 2720. The first kappa shape index (κ1) is 64.5. The first-order chi connectivity index (χ1) is 36.4. The van der Waals surface area contributed by atoms with Crippen LogP contribution in [0.5, 0.6) is 23.0 Å². The smallest absolute Gasteiger partial charge is 0.126 e. The van der Waals surface area contributed by atoms with E-state index in [1.54, 1.807) is 0 Å². The van der Waals surface area contributed by atoms with Crippen molar-refractivity contribution < 1.29 is 18.9 Å². The molecule has 0 spiro atoms. The van der Waals surface area contributed by atoms with Crippen LogP contribution in [0.3, 0.4) is 0 Å². The maximum absolute atomic E-state index is 6.51. The molecule has 0 aliphatic rings. The molecule has 0 aromatic heterocycles. The van der Waals surface area contributed by atoms with Crippen LogP contribution in [0.1, 0.15) is 222 Å². The van der Waals surface area contributed by atoms with Gasteiger partial charge in [-0.3, -0.25) is 0 Å². The lowest BCUT2D eigenvalue weighted by Gasteiger charge is -2.35. The second kappa shape index (κ2) is 22.5. The summed E-state index contributed by atoms with van der Waals surface area (Å²) in [4.78, 5) is 0. The minimum atomic E-state index is -1.28. The molecule has 0 bridgehead atoms. The van der Waals surface area contributed by atoms with E-state index in [0.29, 0.717) is 0 Å². The van der Waals surface area contributed by atoms with Gasteiger partial charge in [0.05, 0.1) is 28.4 Å². The maximum atomic E-state index is 6.51. The van der Waals surface area contributed by atoms with E-state index >= 15 is 0 Å². The number of hydrogen-bond donors (Lipinski definition) is 0. The van der Waals surface area contributed by atoms with Crippen molar-refractivity contribution in [2.75, 3.05) is 28.4 Å². The second-order valence-corrected chi connectivity index (χ2v) is 35.3. The molecule has 0 saturated carbocycles. The first-order valence-electron chi connectivity index (χ1n) is 29.1. The Morgan fingerprint density at radius 2 is 0.425 bits per heavy atom. The van der Waals surface area contributed by atoms with Crippen LogP contribution in [0, 0.1) is 13.8 Å². The van der Waals surface area contributed by atoms with Crippen LogP contribution < -0.4 is 50.8 Å². The Morgan fingerprint density at radius 3 is 0.562 bits per heavy atom. The van der Waals surface area contributed by atoms with E-state index in [0.717, 1.165) is 23.0 Å². The van der Waals surface area contributed by atoms with Crippen molar-refractivity contribution in [2.45, 2.75) is 223 Å². The number of hydrogen-bond acceptors (Lipinski definition) is 4. The van der Waals surface area contributed by atoms with Crippen LogP contribution >= 0.6 is 15.8 Å². The predicted octanol–water partition coefficient (Wildman–Crippen LogP) is 17.9. The predicted molar refractivity (Wildman–Crippen MR) is 355 cm³/mol. The van der Waals surface area contributed by atoms with Gasteiger partial charge in [-0.1, -0.05) is 203 Å². The van der Waals surface area contributed by atoms with Crippen molar-refractivity contribution >= 4 is 47.7 Å². The summed E-state index contributed by atoms with van der Waals surface area (Å²) in [5.41, 5.74) is 13.2. The van der Waals surface area contributed by atoms with Gasteiger partial charge in [0.2, 0.25) is 0 Å². The van der Waals surface area contributed by atoms with E-state index in [1.165, 1.54) is 98.6 Å². The van der Waals surface area contributed by atoms with Gasteiger partial charge in [0.25, 0.3) is 0 Å². The lowest BCUT2D eigenvalue weighted by Crippen LogP contribution is -2.31. The first-order valence-corrected chi connectivity index (χ1v) is 31.8. The van der Waals surface area contributed by atoms with Gasteiger partial charge in [-0.05, 0) is 176 Å². The molecule has 434 valence electrons. The van der Waals surface area contributed by atoms with Gasteiger partial charge in [-0.2, -0.15) is 0 Å². The highest BCUT2D eigenvalue weighted by Gasteiger charge is 2.38. The molecule has 0 unspecified atom stereocenters. The molecule has 0 N–H and O–H groups in total. The molecule has 0 aliphatic carbocycles. The van der Waals surface area contributed by atoms with Gasteiger partial charge in [0.15, 0.2) is 0 Å². The van der Waals surface area contributed by atoms with Gasteiger partial charge in [-0.25, -0.2) is 0 Å². The summed E-state index contributed by atoms with van der Waals surface area (Å²) >= 11 is 0. The summed E-state index contributed by atoms with van der Waals surface area (Å²) < 4.78 is 26.0. The van der Waals surface area contributed by atoms with Crippen LogP contribution in [0.15, 0.2) is 84.9 Å². The molecule has 0 aliphatic heterocycles. The molecule has 0 amide bonds. The van der Waals surface area contributed by atoms with Crippen molar-refractivity contribution in [3.63, 3.8) is 0 Å². The van der Waals surface area contributed by atoms with Gasteiger partial charge < -0.3 is 18.9 Å². The van der Waals surface area contributed by atoms with Crippen LogP contribution in [0.25, 0.3) is 11.1 Å². The summed E-state index contributed by atoms with van der Waals surface area (Å²) in [6, 6.07) is 34.3. The van der Waals surface area contributed by atoms with E-state index in [2.05, 4.69) is 265 Å². The third-order valence-corrected chi connectivity index (χ3v) is 20.6. The van der Waals surface area contributed by atoms with Gasteiger partial charge >= 0.3 is 0 Å². The zero-order valence-electron chi connectivity index (χ0n) is 55.6. The van der Waals surface area contributed by atoms with Crippen molar-refractivity contribution in [1.82, 2.24) is 0 Å². The van der Waals surface area contributed by atoms with Crippen LogP contribution in [-0.2, 0) is 43.3 Å². The summed E-state index contributed by atoms with van der Waals surface area (Å²) in [5, 5.41) is 7.91. The standard InChI is InChI=1S/C74H104O4P2/c1-45-33-31-35-59(79(47-37-51(67(3,4)5)63(75-27)52(38-47)68(6,7)8)48-39-53(69(9,10)11)64(76-28)54(40-48)70(12,13)14)61(45)62-46(2)34-32-36-60(62)80(49-41-55(71(15,16)17)65(77-29)56(42-49)72(18,19)20)50-43-57(73(21,22)23)66(78-30)58(44-50)74(24,25)26/h31-44H,1-30H3. The summed E-state index contributed by atoms with van der Waals surface area (Å²) in [5.74, 6) is 3.92. The molecule has 0 heterocycles. The zero-order valence-corrected chi connectivity index (χ0v) is 57.4. The van der Waals surface area contributed by atoms with Crippen molar-refractivity contribution in [3.05, 3.63) is 141 Å². The number of aryl methyl sites for hydroxylation is 2. The van der Waals surface area contributed by atoms with E-state index in [9.17, 15) is 0 Å². The molecule has 6 aromatic rings. The van der Waals surface area contributed by atoms with Crippen LogP contribution in [0.2, 0.25) is 0 Å². The fourth-order valence-corrected chi connectivity index (χ4v) is 16.8. The van der Waals surface area contributed by atoms with E-state index in [-0.39, 0.29) is 43.3 Å². The summed E-state index contributed by atoms with van der Waals surface area (Å²) in [6.07, 6.45) is 0. The lowest BCUT2D eigenvalue weighted by molar-refractivity contribution is 0.381. The molecule has 0 atom stereocenters. The normalized spacial score (nSPS) is 13.3. The molecular formula is C74H104O4P2. The Kier molecular flexibility index (Phi) is 18.2. The lowest BCUT2D eigenvalue weighted by atomic mass is 9.79. The minimum absolute atomic E-state index is 0.212. The van der Waals surface area contributed by atoms with Crippen molar-refractivity contribution in [2.24, 2.45) is 0 Å². The van der Waals surface area contributed by atoms with E-state index < -0.39 is 15.8 Å². The molecule has 6 heteroatoms. The number of benzene rings is 6. The Morgan fingerprint density at radius 1 is 0.263 bits per heavy atom. The van der Waals surface area contributed by atoms with Crippen molar-refractivity contribution in [3.8, 4) is 34.1 Å². The molecular weight excluding hydrogens is 1010 g/mol. The largest absolute Gasteiger partial charge is 0.496 e. The maximum Gasteiger partial charge on any atom is 0.126 e. The van der Waals surface area contributed by atoms with Crippen LogP contribution in [-0.4, -0.2) is 28.4 Å². The highest BCUT2D eigenvalue weighted by Crippen LogP contribution is 2.51. The van der Waals surface area contributed by atoms with E-state index in [4.69, 9.17) is 18.9 Å². The minimum Gasteiger partial charge on any atom is -0.496 e. The average molecular weight is 1120 g/mol. The summed E-state index contributed by atoms with van der Waals surface area (Å²) in [7, 11) is 4.84. The monoisotopic (exact) mass is 1120 g/mol. The Balaban J connectivity index is 1.96. The molecule has 0 saturated heterocycles. The molecule has 0 fully saturated rings. The number of ether oxygens (including phenoxy) is 4. The third-order valence-electron chi connectivity index (χ3n) is 15.8. The highest BCUT2D eigenvalue weighted by molar-refractivity contribution is 7.80. The van der Waals surface area contributed by atoms with Gasteiger partial charge in [-0.15, -0.1) is 0 Å². The highest BCUT2D eigenvalue weighted by atomic mass is 31.1. The van der Waals surface area contributed by atoms with E-state index in [1.807, 2.05) is 28.4 Å². The quantitative estimate of drug-likeness (QED) is 0.121. The fourth-order valence-electron chi connectivity index (χ4n) is 11.5. The van der Waals surface area contributed by atoms with Crippen LogP contribution in [0.4, 0.5) is 0 Å². The average Bonchev–Trinajstić information content (AvgIpc) is 3.31. The molecule has 4 nitrogen and oxygen atoms in total. The van der Waals surface area contributed by atoms with Gasteiger partial charge in [0.1, 0.15) is 23.0 Å². The van der Waals surface area contributed by atoms with Gasteiger partial charge in [0, 0.05) is 44.5 Å². The topological polar surface area (TPSA) is 36.9 Å². The van der Waals surface area contributed by atoms with Crippen molar-refractivity contribution in [1.29, 1.82) is 0 Å². The molecule has 6 rings (SSSR count). The molecule has 80 heavy (non-hydrogen) atoms. The number of methoxy groups -OCH3 is 4. The third kappa shape index (κ3) is 13.1. The fraction of sp³-hybridized carbons (Fsp3) is 0.514. The molecule has 0 radical (unpaired) electrons. The Labute approximate surface area is 490 Å². The number of rotatable bonds is 11.